The lowest BCUT2D eigenvalue weighted by Gasteiger charge is -1.87. The van der Waals surface area contributed by atoms with Crippen molar-refractivity contribution < 1.29 is 4.79 Å². The molecule has 0 aliphatic rings. The van der Waals surface area contributed by atoms with Crippen LogP contribution in [0.25, 0.3) is 6.08 Å². The summed E-state index contributed by atoms with van der Waals surface area (Å²) in [5, 5.41) is 2.20. The van der Waals surface area contributed by atoms with Gasteiger partial charge < -0.3 is 0 Å². The number of hydrogen-bond acceptors (Lipinski definition) is 3. The van der Waals surface area contributed by atoms with E-state index in [0.29, 0.717) is 0 Å². The van der Waals surface area contributed by atoms with Crippen molar-refractivity contribution in [1.29, 1.82) is 0 Å². The van der Waals surface area contributed by atoms with Crippen LogP contribution in [0.4, 0.5) is 0 Å². The van der Waals surface area contributed by atoms with Gasteiger partial charge in [-0.25, -0.2) is 0 Å². The molecule has 0 radical (unpaired) electrons. The number of thioether (sulfide) groups is 1. The molecule has 0 atom stereocenters. The summed E-state index contributed by atoms with van der Waals surface area (Å²) in [6.07, 6.45) is 4.04. The molecule has 0 fully saturated rings. The molecule has 0 aliphatic heterocycles. The van der Waals surface area contributed by atoms with Gasteiger partial charge in [0, 0.05) is 27.4 Å². The van der Waals surface area contributed by atoms with Gasteiger partial charge in [0.25, 0.3) is 0 Å². The van der Waals surface area contributed by atoms with E-state index in [4.69, 9.17) is 0 Å². The summed E-state index contributed by atoms with van der Waals surface area (Å²) in [5.41, 5.74) is 0. The Labute approximate surface area is 94.4 Å². The molecule has 1 rings (SSSR count). The zero-order chi connectivity index (χ0) is 9.68. The van der Waals surface area contributed by atoms with E-state index < -0.39 is 0 Å². The van der Waals surface area contributed by atoms with E-state index in [2.05, 4.69) is 22.0 Å². The third kappa shape index (κ3) is 4.64. The highest BCUT2D eigenvalue weighted by Gasteiger charge is 1.92. The molecule has 0 aliphatic carbocycles. The highest BCUT2D eigenvalue weighted by atomic mass is 79.9. The lowest BCUT2D eigenvalue weighted by Crippen LogP contribution is -1.80. The van der Waals surface area contributed by atoms with Crippen molar-refractivity contribution in [3.8, 4) is 0 Å². The largest absolute Gasteiger partial charge is 0.288 e. The van der Waals surface area contributed by atoms with Crippen LogP contribution < -0.4 is 0 Å². The van der Waals surface area contributed by atoms with Crippen LogP contribution >= 0.6 is 39.0 Å². The van der Waals surface area contributed by atoms with Gasteiger partial charge in [0.15, 0.2) is 5.12 Å². The number of hydrogen-bond donors (Lipinski definition) is 0. The molecular weight excluding hydrogens is 268 g/mol. The Kier molecular flexibility index (Phi) is 4.77. The number of rotatable bonds is 3. The first-order valence-corrected chi connectivity index (χ1v) is 6.38. The van der Waals surface area contributed by atoms with Gasteiger partial charge in [0.1, 0.15) is 0 Å². The molecule has 70 valence electrons. The summed E-state index contributed by atoms with van der Waals surface area (Å²) in [5.74, 6) is 0.755. The van der Waals surface area contributed by atoms with Gasteiger partial charge >= 0.3 is 0 Å². The van der Waals surface area contributed by atoms with E-state index >= 15 is 0 Å². The highest BCUT2D eigenvalue weighted by Crippen LogP contribution is 2.20. The molecule has 1 aromatic rings. The summed E-state index contributed by atoms with van der Waals surface area (Å²) in [6, 6.07) is 2.06. The topological polar surface area (TPSA) is 17.1 Å². The minimum atomic E-state index is 0.164. The third-order valence-electron chi connectivity index (χ3n) is 1.25. The van der Waals surface area contributed by atoms with Gasteiger partial charge in [-0.2, -0.15) is 0 Å². The quantitative estimate of drug-likeness (QED) is 0.835. The van der Waals surface area contributed by atoms with E-state index in [1.165, 1.54) is 16.6 Å². The van der Waals surface area contributed by atoms with E-state index in [1.54, 1.807) is 18.3 Å². The van der Waals surface area contributed by atoms with E-state index in [1.807, 2.05) is 17.5 Å². The Bertz CT molecular complexity index is 317. The van der Waals surface area contributed by atoms with Gasteiger partial charge in [-0.1, -0.05) is 17.8 Å². The first-order valence-electron chi connectivity index (χ1n) is 3.72. The fraction of sp³-hybridized carbons (Fsp3) is 0.222. The Hall–Kier alpha value is -0.0600. The summed E-state index contributed by atoms with van der Waals surface area (Å²) in [6.45, 7) is 1.58. The summed E-state index contributed by atoms with van der Waals surface area (Å²) in [7, 11) is 0. The number of carbonyl (C=O) groups is 1. The molecule has 1 nitrogen and oxygen atoms in total. The van der Waals surface area contributed by atoms with Gasteiger partial charge in [-0.15, -0.1) is 11.3 Å². The predicted octanol–water partition coefficient (Wildman–Crippen LogP) is 3.80. The SMILES string of the molecule is CC(=O)SCC=Cc1cc(Br)cs1. The second-order valence-corrected chi connectivity index (χ2v) is 5.43. The van der Waals surface area contributed by atoms with Crippen molar-refractivity contribution >= 4 is 50.2 Å². The molecule has 4 heteroatoms. The van der Waals surface area contributed by atoms with E-state index in [-0.39, 0.29) is 5.12 Å². The minimum Gasteiger partial charge on any atom is -0.288 e. The van der Waals surface area contributed by atoms with Crippen LogP contribution in [0.1, 0.15) is 11.8 Å². The Balaban J connectivity index is 2.36. The summed E-state index contributed by atoms with van der Waals surface area (Å²) >= 11 is 6.39. The van der Waals surface area contributed by atoms with Gasteiger partial charge in [-0.3, -0.25) is 4.79 Å². The zero-order valence-corrected chi connectivity index (χ0v) is 10.3. The van der Waals surface area contributed by atoms with E-state index in [9.17, 15) is 4.79 Å². The Morgan fingerprint density at radius 3 is 3.08 bits per heavy atom. The molecule has 0 aromatic carbocycles. The van der Waals surface area contributed by atoms with Gasteiger partial charge in [0.05, 0.1) is 0 Å². The lowest BCUT2D eigenvalue weighted by atomic mass is 10.4. The van der Waals surface area contributed by atoms with Crippen molar-refractivity contribution in [2.75, 3.05) is 5.75 Å². The molecule has 0 bridgehead atoms. The second kappa shape index (κ2) is 5.62. The van der Waals surface area contributed by atoms with Crippen LogP contribution in [-0.2, 0) is 4.79 Å². The van der Waals surface area contributed by atoms with Crippen LogP contribution in [0.15, 0.2) is 22.0 Å². The maximum absolute atomic E-state index is 10.6. The molecule has 0 N–H and O–H groups in total. The summed E-state index contributed by atoms with van der Waals surface area (Å²) < 4.78 is 1.11. The normalized spacial score (nSPS) is 10.9. The third-order valence-corrected chi connectivity index (χ3v) is 3.68. The number of thiophene rings is 1. The molecule has 0 saturated heterocycles. The number of carbonyl (C=O) groups excluding carboxylic acids is 1. The van der Waals surface area contributed by atoms with Gasteiger partial charge in [-0.05, 0) is 28.1 Å². The maximum Gasteiger partial charge on any atom is 0.186 e. The first kappa shape index (κ1) is 11.0. The fourth-order valence-corrected chi connectivity index (χ4v) is 2.54. The smallest absolute Gasteiger partial charge is 0.186 e. The molecular formula is C9H9BrOS2. The predicted molar refractivity (Wildman–Crippen MR) is 64.2 cm³/mol. The van der Waals surface area contributed by atoms with Crippen LogP contribution in [0.5, 0.6) is 0 Å². The van der Waals surface area contributed by atoms with Crippen LogP contribution in [-0.4, -0.2) is 10.9 Å². The van der Waals surface area contributed by atoms with Crippen molar-refractivity contribution in [1.82, 2.24) is 0 Å². The molecule has 0 saturated carbocycles. The van der Waals surface area contributed by atoms with Crippen LogP contribution in [0.2, 0.25) is 0 Å². The summed E-state index contributed by atoms with van der Waals surface area (Å²) in [4.78, 5) is 11.8. The van der Waals surface area contributed by atoms with Crippen molar-refractivity contribution in [3.63, 3.8) is 0 Å². The zero-order valence-electron chi connectivity index (χ0n) is 7.12. The molecule has 0 spiro atoms. The lowest BCUT2D eigenvalue weighted by molar-refractivity contribution is -0.109. The fourth-order valence-electron chi connectivity index (χ4n) is 0.745. The van der Waals surface area contributed by atoms with Gasteiger partial charge in [0.2, 0.25) is 0 Å². The maximum atomic E-state index is 10.6. The molecule has 1 aromatic heterocycles. The number of halogens is 1. The van der Waals surface area contributed by atoms with Crippen LogP contribution in [0, 0.1) is 0 Å². The molecule has 0 amide bonds. The first-order chi connectivity index (χ1) is 6.18. The molecule has 0 unspecified atom stereocenters. The average molecular weight is 277 g/mol. The molecule has 13 heavy (non-hydrogen) atoms. The second-order valence-electron chi connectivity index (χ2n) is 2.37. The minimum absolute atomic E-state index is 0.164. The highest BCUT2D eigenvalue weighted by molar-refractivity contribution is 9.10. The Morgan fingerprint density at radius 2 is 2.54 bits per heavy atom. The average Bonchev–Trinajstić information content (AvgIpc) is 2.45. The standard InChI is InChI=1S/C9H9BrOS2/c1-7(11)12-4-2-3-9-5-8(10)6-13-9/h2-3,5-6H,4H2,1H3. The van der Waals surface area contributed by atoms with Crippen molar-refractivity contribution in [2.24, 2.45) is 0 Å². The van der Waals surface area contributed by atoms with Crippen molar-refractivity contribution in [3.05, 3.63) is 26.9 Å². The van der Waals surface area contributed by atoms with Crippen LogP contribution in [0.3, 0.4) is 0 Å². The molecule has 1 heterocycles. The Morgan fingerprint density at radius 1 is 1.77 bits per heavy atom. The monoisotopic (exact) mass is 276 g/mol. The van der Waals surface area contributed by atoms with E-state index in [0.717, 1.165) is 10.2 Å². The van der Waals surface area contributed by atoms with Crippen molar-refractivity contribution in [2.45, 2.75) is 6.92 Å².